The van der Waals surface area contributed by atoms with Crippen molar-refractivity contribution in [1.29, 1.82) is 0 Å². The van der Waals surface area contributed by atoms with Crippen LogP contribution in [0, 0.1) is 6.92 Å². The average Bonchev–Trinajstić information content (AvgIpc) is 1.94. The number of nitrogens with zero attached hydrogens (tertiary/aromatic N) is 1. The van der Waals surface area contributed by atoms with Crippen molar-refractivity contribution in [3.63, 3.8) is 0 Å². The summed E-state index contributed by atoms with van der Waals surface area (Å²) in [4.78, 5) is 1.89. The molecule has 0 aliphatic rings. The van der Waals surface area contributed by atoms with Crippen LogP contribution in [-0.2, 0) is 0 Å². The van der Waals surface area contributed by atoms with Crippen molar-refractivity contribution in [1.82, 2.24) is 0 Å². The summed E-state index contributed by atoms with van der Waals surface area (Å²) in [6.45, 7) is 2.01. The maximum atomic E-state index is 9.36. The minimum absolute atomic E-state index is 0.334. The number of phenolic OH excluding ortho intramolecular Hbond substituents is 1. The molecule has 0 unspecified atom stereocenters. The Kier molecular flexibility index (Phi) is 2.03. The van der Waals surface area contributed by atoms with Crippen LogP contribution >= 0.6 is 0 Å². The lowest BCUT2D eigenvalue weighted by molar-refractivity contribution is 0.475. The molecule has 2 nitrogen and oxygen atoms in total. The van der Waals surface area contributed by atoms with Crippen LogP contribution in [0.25, 0.3) is 0 Å². The second-order valence-electron chi connectivity index (χ2n) is 2.89. The first-order valence-electron chi connectivity index (χ1n) is 3.58. The summed E-state index contributed by atoms with van der Waals surface area (Å²) in [6.07, 6.45) is 0. The minimum Gasteiger partial charge on any atom is -0.506 e. The summed E-state index contributed by atoms with van der Waals surface area (Å²) in [5.41, 5.74) is 2.02. The van der Waals surface area contributed by atoms with Gasteiger partial charge in [0.2, 0.25) is 0 Å². The number of phenols is 1. The Bertz CT molecular complexity index is 256. The van der Waals surface area contributed by atoms with Crippen molar-refractivity contribution in [3.8, 4) is 5.75 Å². The molecule has 1 N–H and O–H groups in total. The van der Waals surface area contributed by atoms with Gasteiger partial charge in [-0.05, 0) is 24.6 Å². The topological polar surface area (TPSA) is 23.5 Å². The van der Waals surface area contributed by atoms with E-state index in [2.05, 4.69) is 0 Å². The zero-order valence-electron chi connectivity index (χ0n) is 7.13. The predicted molar refractivity (Wildman–Crippen MR) is 47.2 cm³/mol. The van der Waals surface area contributed by atoms with Crippen LogP contribution in [0.5, 0.6) is 5.75 Å². The van der Waals surface area contributed by atoms with Crippen molar-refractivity contribution in [2.24, 2.45) is 0 Å². The number of aryl methyl sites for hydroxylation is 1. The van der Waals surface area contributed by atoms with E-state index in [9.17, 15) is 5.11 Å². The zero-order chi connectivity index (χ0) is 8.43. The minimum atomic E-state index is 0.334. The molecule has 1 aromatic rings. The molecule has 1 rings (SSSR count). The van der Waals surface area contributed by atoms with Crippen molar-refractivity contribution in [2.75, 3.05) is 19.0 Å². The van der Waals surface area contributed by atoms with E-state index in [-0.39, 0.29) is 0 Å². The molecule has 0 fully saturated rings. The number of anilines is 1. The van der Waals surface area contributed by atoms with E-state index < -0.39 is 0 Å². The van der Waals surface area contributed by atoms with E-state index in [4.69, 9.17) is 0 Å². The Balaban J connectivity index is 3.13. The van der Waals surface area contributed by atoms with Gasteiger partial charge in [0.05, 0.1) is 5.69 Å². The highest BCUT2D eigenvalue weighted by atomic mass is 16.3. The van der Waals surface area contributed by atoms with E-state index >= 15 is 0 Å². The van der Waals surface area contributed by atoms with Crippen molar-refractivity contribution in [3.05, 3.63) is 23.8 Å². The lowest BCUT2D eigenvalue weighted by Crippen LogP contribution is -2.08. The third-order valence-corrected chi connectivity index (χ3v) is 1.61. The summed E-state index contributed by atoms with van der Waals surface area (Å²) in [6, 6.07) is 5.56. The monoisotopic (exact) mass is 151 g/mol. The van der Waals surface area contributed by atoms with Gasteiger partial charge in [-0.15, -0.1) is 0 Å². The normalized spacial score (nSPS) is 9.73. The fourth-order valence-electron chi connectivity index (χ4n) is 0.992. The fraction of sp³-hybridized carbons (Fsp3) is 0.333. The highest BCUT2D eigenvalue weighted by Crippen LogP contribution is 2.25. The second-order valence-corrected chi connectivity index (χ2v) is 2.89. The molecule has 0 amide bonds. The second kappa shape index (κ2) is 2.82. The van der Waals surface area contributed by atoms with Crippen LogP contribution in [0.15, 0.2) is 18.2 Å². The number of hydrogen-bond donors (Lipinski definition) is 1. The Labute approximate surface area is 67.1 Å². The van der Waals surface area contributed by atoms with E-state index in [0.717, 1.165) is 11.3 Å². The molecule has 11 heavy (non-hydrogen) atoms. The molecule has 0 aromatic heterocycles. The molecule has 60 valence electrons. The molecule has 0 aliphatic heterocycles. The quantitative estimate of drug-likeness (QED) is 0.661. The number of benzene rings is 1. The molecule has 0 aliphatic carbocycles. The molecule has 0 saturated carbocycles. The highest BCUT2D eigenvalue weighted by molar-refractivity contribution is 5.58. The largest absolute Gasteiger partial charge is 0.506 e. The van der Waals surface area contributed by atoms with Crippen molar-refractivity contribution >= 4 is 5.69 Å². The molecule has 0 radical (unpaired) electrons. The van der Waals surface area contributed by atoms with Gasteiger partial charge in [-0.3, -0.25) is 0 Å². The van der Waals surface area contributed by atoms with Gasteiger partial charge in [0.25, 0.3) is 0 Å². The molecule has 0 saturated heterocycles. The van der Waals surface area contributed by atoms with Gasteiger partial charge in [-0.25, -0.2) is 0 Å². The lowest BCUT2D eigenvalue weighted by atomic mass is 10.2. The van der Waals surface area contributed by atoms with Gasteiger partial charge in [0, 0.05) is 14.1 Å². The van der Waals surface area contributed by atoms with Crippen molar-refractivity contribution < 1.29 is 5.11 Å². The Morgan fingerprint density at radius 3 is 2.36 bits per heavy atom. The first-order chi connectivity index (χ1) is 5.11. The third-order valence-electron chi connectivity index (χ3n) is 1.61. The molecule has 2 heteroatoms. The average molecular weight is 151 g/mol. The summed E-state index contributed by atoms with van der Waals surface area (Å²) < 4.78 is 0. The van der Waals surface area contributed by atoms with E-state index in [1.807, 2.05) is 38.1 Å². The summed E-state index contributed by atoms with van der Waals surface area (Å²) in [5.74, 6) is 0.334. The highest BCUT2D eigenvalue weighted by Gasteiger charge is 2.01. The number of aromatic hydroxyl groups is 1. The van der Waals surface area contributed by atoms with Gasteiger partial charge in [0.15, 0.2) is 0 Å². The molecule has 0 spiro atoms. The number of rotatable bonds is 1. The Morgan fingerprint density at radius 1 is 1.27 bits per heavy atom. The van der Waals surface area contributed by atoms with Crippen LogP contribution in [0.2, 0.25) is 0 Å². The molecular formula is C9H13NO. The van der Waals surface area contributed by atoms with Crippen LogP contribution in [0.1, 0.15) is 5.56 Å². The van der Waals surface area contributed by atoms with E-state index in [0.29, 0.717) is 5.75 Å². The molecular weight excluding hydrogens is 138 g/mol. The number of hydrogen-bond acceptors (Lipinski definition) is 2. The van der Waals surface area contributed by atoms with Gasteiger partial charge < -0.3 is 10.0 Å². The SMILES string of the molecule is Cc1ccc(O)c(N(C)C)c1. The summed E-state index contributed by atoms with van der Waals surface area (Å²) in [7, 11) is 3.82. The maximum absolute atomic E-state index is 9.36. The predicted octanol–water partition coefficient (Wildman–Crippen LogP) is 1.77. The van der Waals surface area contributed by atoms with Crippen LogP contribution in [-0.4, -0.2) is 19.2 Å². The summed E-state index contributed by atoms with van der Waals surface area (Å²) >= 11 is 0. The lowest BCUT2D eigenvalue weighted by Gasteiger charge is -2.14. The zero-order valence-corrected chi connectivity index (χ0v) is 7.13. The first-order valence-corrected chi connectivity index (χ1v) is 3.58. The van der Waals surface area contributed by atoms with Gasteiger partial charge in [-0.1, -0.05) is 6.07 Å². The standard InChI is InChI=1S/C9H13NO/c1-7-4-5-9(11)8(6-7)10(2)3/h4-6,11H,1-3H3. The van der Waals surface area contributed by atoms with Crippen LogP contribution in [0.3, 0.4) is 0 Å². The Hall–Kier alpha value is -1.18. The van der Waals surface area contributed by atoms with Gasteiger partial charge in [-0.2, -0.15) is 0 Å². The molecule has 0 bridgehead atoms. The Morgan fingerprint density at radius 2 is 1.91 bits per heavy atom. The van der Waals surface area contributed by atoms with Crippen LogP contribution in [0.4, 0.5) is 5.69 Å². The molecule has 0 atom stereocenters. The van der Waals surface area contributed by atoms with E-state index in [1.54, 1.807) is 6.07 Å². The smallest absolute Gasteiger partial charge is 0.138 e. The van der Waals surface area contributed by atoms with Crippen molar-refractivity contribution in [2.45, 2.75) is 6.92 Å². The summed E-state index contributed by atoms with van der Waals surface area (Å²) in [5, 5.41) is 9.36. The van der Waals surface area contributed by atoms with Crippen LogP contribution < -0.4 is 4.90 Å². The van der Waals surface area contributed by atoms with Gasteiger partial charge >= 0.3 is 0 Å². The van der Waals surface area contributed by atoms with Gasteiger partial charge in [0.1, 0.15) is 5.75 Å². The maximum Gasteiger partial charge on any atom is 0.138 e. The third kappa shape index (κ3) is 1.64. The van der Waals surface area contributed by atoms with E-state index in [1.165, 1.54) is 0 Å². The molecule has 1 aromatic carbocycles. The molecule has 0 heterocycles. The fourth-order valence-corrected chi connectivity index (χ4v) is 0.992. The first kappa shape index (κ1) is 7.92.